The fourth-order valence-corrected chi connectivity index (χ4v) is 3.74. The van der Waals surface area contributed by atoms with Crippen molar-refractivity contribution >= 4 is 46.0 Å². The number of non-ortho nitro benzene ring substituents is 1. The minimum absolute atomic E-state index is 0.0757. The van der Waals surface area contributed by atoms with Gasteiger partial charge in [0.05, 0.1) is 28.6 Å². The maximum Gasteiger partial charge on any atom is 0.273 e. The number of amides is 1. The van der Waals surface area contributed by atoms with Crippen molar-refractivity contribution in [3.8, 4) is 17.1 Å². The summed E-state index contributed by atoms with van der Waals surface area (Å²) in [6.07, 6.45) is 3.23. The van der Waals surface area contributed by atoms with E-state index in [0.717, 1.165) is 0 Å². The van der Waals surface area contributed by atoms with Gasteiger partial charge in [-0.05, 0) is 18.2 Å². The molecule has 27 heavy (non-hydrogen) atoms. The molecule has 0 radical (unpaired) electrons. The number of nitro benzene ring substituents is 1. The Bertz CT molecular complexity index is 980. The van der Waals surface area contributed by atoms with Crippen LogP contribution in [0.2, 0.25) is 0 Å². The molecule has 1 fully saturated rings. The molecule has 1 aliphatic rings. The number of nitro groups is 1. The van der Waals surface area contributed by atoms with E-state index in [4.69, 9.17) is 21.4 Å². The van der Waals surface area contributed by atoms with Crippen molar-refractivity contribution in [2.75, 3.05) is 13.7 Å². The summed E-state index contributed by atoms with van der Waals surface area (Å²) < 4.78 is 11.5. The van der Waals surface area contributed by atoms with Crippen molar-refractivity contribution < 1.29 is 18.9 Å². The van der Waals surface area contributed by atoms with Gasteiger partial charge in [0.25, 0.3) is 11.6 Å². The Morgan fingerprint density at radius 1 is 1.41 bits per heavy atom. The summed E-state index contributed by atoms with van der Waals surface area (Å²) in [4.78, 5) is 24.7. The minimum Gasteiger partial charge on any atom is -0.496 e. The first-order valence-corrected chi connectivity index (χ1v) is 8.96. The molecule has 2 aromatic rings. The highest BCUT2D eigenvalue weighted by Crippen LogP contribution is 2.36. The number of carbonyl (C=O) groups excluding carboxylic acids is 1. The highest BCUT2D eigenvalue weighted by atomic mass is 32.2. The molecule has 1 aromatic heterocycles. The van der Waals surface area contributed by atoms with Crippen molar-refractivity contribution in [1.29, 1.82) is 0 Å². The summed E-state index contributed by atoms with van der Waals surface area (Å²) in [5.41, 5.74) is 0.496. The number of rotatable bonds is 6. The molecule has 0 spiro atoms. The number of ether oxygens (including phenoxy) is 1. The lowest BCUT2D eigenvalue weighted by Gasteiger charge is -2.10. The fourth-order valence-electron chi connectivity index (χ4n) is 2.49. The average Bonchev–Trinajstić information content (AvgIpc) is 3.21. The first-order valence-electron chi connectivity index (χ1n) is 7.73. The number of hydrogen-bond donors (Lipinski definition) is 0. The van der Waals surface area contributed by atoms with Crippen LogP contribution in [0.3, 0.4) is 0 Å². The van der Waals surface area contributed by atoms with Gasteiger partial charge in [-0.25, -0.2) is 0 Å². The van der Waals surface area contributed by atoms with Crippen LogP contribution in [0.1, 0.15) is 5.76 Å². The second kappa shape index (κ2) is 7.77. The summed E-state index contributed by atoms with van der Waals surface area (Å²) in [6, 6.07) is 7.68. The highest BCUT2D eigenvalue weighted by molar-refractivity contribution is 8.26. The molecular weight excluding hydrogens is 388 g/mol. The lowest BCUT2D eigenvalue weighted by molar-refractivity contribution is -0.384. The zero-order valence-electron chi connectivity index (χ0n) is 14.2. The molecule has 1 saturated heterocycles. The topological polar surface area (TPSA) is 85.8 Å². The highest BCUT2D eigenvalue weighted by Gasteiger charge is 2.31. The predicted octanol–water partition coefficient (Wildman–Crippen LogP) is 4.25. The third kappa shape index (κ3) is 3.79. The van der Waals surface area contributed by atoms with Crippen molar-refractivity contribution in [1.82, 2.24) is 4.90 Å². The van der Waals surface area contributed by atoms with Gasteiger partial charge in [0.1, 0.15) is 21.6 Å². The molecule has 0 bridgehead atoms. The average molecular weight is 402 g/mol. The van der Waals surface area contributed by atoms with Crippen LogP contribution in [0.15, 0.2) is 52.3 Å². The van der Waals surface area contributed by atoms with E-state index in [1.165, 1.54) is 35.9 Å². The molecule has 1 amide bonds. The number of methoxy groups -OCH3 is 1. The van der Waals surface area contributed by atoms with E-state index in [1.807, 2.05) is 0 Å². The molecule has 1 aromatic carbocycles. The van der Waals surface area contributed by atoms with E-state index in [0.29, 0.717) is 38.6 Å². The maximum atomic E-state index is 12.4. The minimum atomic E-state index is -0.495. The third-order valence-corrected chi connectivity index (χ3v) is 5.12. The van der Waals surface area contributed by atoms with Gasteiger partial charge < -0.3 is 9.15 Å². The van der Waals surface area contributed by atoms with Crippen LogP contribution in [0, 0.1) is 10.1 Å². The Morgan fingerprint density at radius 2 is 2.19 bits per heavy atom. The van der Waals surface area contributed by atoms with Gasteiger partial charge in [0.2, 0.25) is 0 Å². The van der Waals surface area contributed by atoms with Crippen LogP contribution in [0.25, 0.3) is 17.4 Å². The lowest BCUT2D eigenvalue weighted by atomic mass is 10.1. The molecule has 3 rings (SSSR count). The smallest absolute Gasteiger partial charge is 0.273 e. The van der Waals surface area contributed by atoms with Gasteiger partial charge in [-0.3, -0.25) is 19.8 Å². The number of carbonyl (C=O) groups is 1. The normalized spacial score (nSPS) is 15.4. The number of thiocarbonyl (C=S) groups is 1. The van der Waals surface area contributed by atoms with Crippen molar-refractivity contribution in [3.05, 3.63) is 63.8 Å². The van der Waals surface area contributed by atoms with Gasteiger partial charge in [0.15, 0.2) is 0 Å². The first kappa shape index (κ1) is 18.9. The van der Waals surface area contributed by atoms with E-state index < -0.39 is 4.92 Å². The monoisotopic (exact) mass is 402 g/mol. The second-order valence-electron chi connectivity index (χ2n) is 5.42. The lowest BCUT2D eigenvalue weighted by Crippen LogP contribution is -2.27. The van der Waals surface area contributed by atoms with Crippen LogP contribution in [-0.4, -0.2) is 33.7 Å². The summed E-state index contributed by atoms with van der Waals surface area (Å²) >= 11 is 6.40. The molecule has 2 heterocycles. The van der Waals surface area contributed by atoms with Crippen LogP contribution in [0.4, 0.5) is 5.69 Å². The first-order chi connectivity index (χ1) is 12.9. The standard InChI is InChI=1S/C18H14N2O5S2/c1-3-8-19-17(21)16(27-18(19)26)10-12-5-7-14(25-12)13-6-4-11(20(22)23)9-15(13)24-2/h3-7,9-10H,1,8H2,2H3. The number of thioether (sulfide) groups is 1. The predicted molar refractivity (Wildman–Crippen MR) is 107 cm³/mol. The number of nitrogens with zero attached hydrogens (tertiary/aromatic N) is 2. The number of hydrogen-bond acceptors (Lipinski definition) is 7. The number of benzene rings is 1. The Kier molecular flexibility index (Phi) is 5.43. The van der Waals surface area contributed by atoms with Crippen LogP contribution >= 0.6 is 24.0 Å². The molecule has 7 nitrogen and oxygen atoms in total. The van der Waals surface area contributed by atoms with E-state index >= 15 is 0 Å². The Morgan fingerprint density at radius 3 is 2.85 bits per heavy atom. The Balaban J connectivity index is 1.90. The van der Waals surface area contributed by atoms with Gasteiger partial charge in [0, 0.05) is 18.7 Å². The van der Waals surface area contributed by atoms with Gasteiger partial charge in [-0.1, -0.05) is 30.1 Å². The van der Waals surface area contributed by atoms with Crippen molar-refractivity contribution in [2.45, 2.75) is 0 Å². The zero-order valence-corrected chi connectivity index (χ0v) is 15.8. The second-order valence-corrected chi connectivity index (χ2v) is 7.10. The van der Waals surface area contributed by atoms with Gasteiger partial charge in [-0.2, -0.15) is 0 Å². The van der Waals surface area contributed by atoms with Gasteiger partial charge >= 0.3 is 0 Å². The van der Waals surface area contributed by atoms with E-state index in [2.05, 4.69) is 6.58 Å². The summed E-state index contributed by atoms with van der Waals surface area (Å²) in [5, 5.41) is 10.9. The van der Waals surface area contributed by atoms with E-state index in [9.17, 15) is 14.9 Å². The SMILES string of the molecule is C=CCN1C(=O)C(=Cc2ccc(-c3ccc([N+](=O)[O-])cc3OC)o2)SC1=S. The molecule has 0 N–H and O–H groups in total. The number of furan rings is 1. The molecule has 0 saturated carbocycles. The third-order valence-electron chi connectivity index (χ3n) is 3.75. The quantitative estimate of drug-likeness (QED) is 0.235. The molecule has 0 unspecified atom stereocenters. The molecule has 0 atom stereocenters. The molecule has 1 aliphatic heterocycles. The maximum absolute atomic E-state index is 12.4. The van der Waals surface area contributed by atoms with Crippen LogP contribution < -0.4 is 4.74 Å². The summed E-state index contributed by atoms with van der Waals surface area (Å²) in [7, 11) is 1.43. The largest absolute Gasteiger partial charge is 0.496 e. The zero-order chi connectivity index (χ0) is 19.6. The fraction of sp³-hybridized carbons (Fsp3) is 0.111. The van der Waals surface area contributed by atoms with E-state index in [1.54, 1.807) is 30.4 Å². The molecule has 9 heteroatoms. The van der Waals surface area contributed by atoms with Crippen molar-refractivity contribution in [3.63, 3.8) is 0 Å². The van der Waals surface area contributed by atoms with Crippen LogP contribution in [0.5, 0.6) is 5.75 Å². The summed E-state index contributed by atoms with van der Waals surface area (Å²) in [5.74, 6) is 1.05. The van der Waals surface area contributed by atoms with Crippen molar-refractivity contribution in [2.24, 2.45) is 0 Å². The molecule has 0 aliphatic carbocycles. The Labute approximate surface area is 164 Å². The van der Waals surface area contributed by atoms with Gasteiger partial charge in [-0.15, -0.1) is 6.58 Å². The van der Waals surface area contributed by atoms with Crippen LogP contribution in [-0.2, 0) is 4.79 Å². The molecular formula is C18H14N2O5S2. The van der Waals surface area contributed by atoms with E-state index in [-0.39, 0.29) is 11.6 Å². The Hall–Kier alpha value is -2.91. The summed E-state index contributed by atoms with van der Waals surface area (Å²) in [6.45, 7) is 3.97. The molecule has 138 valence electrons.